The Kier molecular flexibility index (Phi) is 6.27. The fourth-order valence-corrected chi connectivity index (χ4v) is 2.92. The lowest BCUT2D eigenvalue weighted by Crippen LogP contribution is -2.52. The maximum absolute atomic E-state index is 11.8. The maximum Gasteiger partial charge on any atom is 0.325 e. The molecular weight excluding hydrogens is 240 g/mol. The summed E-state index contributed by atoms with van der Waals surface area (Å²) in [5.41, 5.74) is 5.23. The van der Waals surface area contributed by atoms with Crippen LogP contribution in [0, 0.1) is 5.92 Å². The highest BCUT2D eigenvalue weighted by atomic mass is 16.5. The molecule has 2 unspecified atom stereocenters. The SMILES string of the molecule is CCOC(=O)C(C)(N)CC(C)N1CCC(CC)CC1. The number of nitrogens with two attached hydrogens (primary N) is 1. The van der Waals surface area contributed by atoms with Crippen molar-refractivity contribution >= 4 is 5.97 Å². The number of hydrogen-bond donors (Lipinski definition) is 1. The molecule has 19 heavy (non-hydrogen) atoms. The summed E-state index contributed by atoms with van der Waals surface area (Å²) in [7, 11) is 0. The van der Waals surface area contributed by atoms with Gasteiger partial charge in [-0.1, -0.05) is 13.3 Å². The topological polar surface area (TPSA) is 55.6 Å². The lowest BCUT2D eigenvalue weighted by Gasteiger charge is -2.38. The molecule has 1 rings (SSSR count). The zero-order valence-corrected chi connectivity index (χ0v) is 12.9. The Morgan fingerprint density at radius 2 is 2.00 bits per heavy atom. The first-order chi connectivity index (χ1) is 8.90. The number of nitrogens with zero attached hydrogens (tertiary/aromatic N) is 1. The fourth-order valence-electron chi connectivity index (χ4n) is 2.92. The molecule has 1 fully saturated rings. The van der Waals surface area contributed by atoms with Crippen LogP contribution in [0.15, 0.2) is 0 Å². The van der Waals surface area contributed by atoms with E-state index in [9.17, 15) is 4.79 Å². The molecule has 0 bridgehead atoms. The van der Waals surface area contributed by atoms with Gasteiger partial charge in [-0.25, -0.2) is 0 Å². The Labute approximate surface area is 117 Å². The number of carbonyl (C=O) groups is 1. The second kappa shape index (κ2) is 7.25. The Balaban J connectivity index is 2.46. The summed E-state index contributed by atoms with van der Waals surface area (Å²) >= 11 is 0. The van der Waals surface area contributed by atoms with E-state index in [-0.39, 0.29) is 5.97 Å². The molecule has 1 heterocycles. The average Bonchev–Trinajstić information content (AvgIpc) is 2.38. The second-order valence-electron chi connectivity index (χ2n) is 6.08. The van der Waals surface area contributed by atoms with E-state index < -0.39 is 5.54 Å². The first kappa shape index (κ1) is 16.4. The third kappa shape index (κ3) is 4.77. The molecule has 4 heteroatoms. The van der Waals surface area contributed by atoms with Gasteiger partial charge in [0.1, 0.15) is 5.54 Å². The van der Waals surface area contributed by atoms with E-state index in [0.717, 1.165) is 19.0 Å². The number of hydrogen-bond acceptors (Lipinski definition) is 4. The molecule has 2 atom stereocenters. The van der Waals surface area contributed by atoms with Crippen molar-refractivity contribution < 1.29 is 9.53 Å². The number of likely N-dealkylation sites (tertiary alicyclic amines) is 1. The smallest absolute Gasteiger partial charge is 0.325 e. The summed E-state index contributed by atoms with van der Waals surface area (Å²) in [5, 5.41) is 0. The van der Waals surface area contributed by atoms with Crippen LogP contribution in [0.2, 0.25) is 0 Å². The maximum atomic E-state index is 11.8. The van der Waals surface area contributed by atoms with Gasteiger partial charge >= 0.3 is 5.97 Å². The van der Waals surface area contributed by atoms with Gasteiger partial charge in [0.2, 0.25) is 0 Å². The highest BCUT2D eigenvalue weighted by Gasteiger charge is 2.34. The van der Waals surface area contributed by atoms with Crippen molar-refractivity contribution in [2.75, 3.05) is 19.7 Å². The molecule has 0 aromatic carbocycles. The third-order valence-corrected chi connectivity index (χ3v) is 4.31. The third-order valence-electron chi connectivity index (χ3n) is 4.31. The van der Waals surface area contributed by atoms with Crippen LogP contribution < -0.4 is 5.73 Å². The van der Waals surface area contributed by atoms with E-state index in [1.807, 2.05) is 6.92 Å². The average molecular weight is 270 g/mol. The van der Waals surface area contributed by atoms with Gasteiger partial charge in [-0.05, 0) is 59.0 Å². The molecule has 0 amide bonds. The molecule has 1 saturated heterocycles. The van der Waals surface area contributed by atoms with Crippen molar-refractivity contribution in [1.29, 1.82) is 0 Å². The van der Waals surface area contributed by atoms with Crippen molar-refractivity contribution in [3.05, 3.63) is 0 Å². The van der Waals surface area contributed by atoms with Crippen LogP contribution in [-0.2, 0) is 9.53 Å². The van der Waals surface area contributed by atoms with Crippen LogP contribution >= 0.6 is 0 Å². The molecule has 0 spiro atoms. The van der Waals surface area contributed by atoms with E-state index in [1.54, 1.807) is 6.92 Å². The quantitative estimate of drug-likeness (QED) is 0.752. The number of rotatable bonds is 6. The minimum Gasteiger partial charge on any atom is -0.465 e. The van der Waals surface area contributed by atoms with E-state index in [1.165, 1.54) is 19.3 Å². The lowest BCUT2D eigenvalue weighted by atomic mass is 9.90. The molecule has 0 radical (unpaired) electrons. The van der Waals surface area contributed by atoms with Gasteiger partial charge in [-0.2, -0.15) is 0 Å². The Morgan fingerprint density at radius 1 is 1.42 bits per heavy atom. The summed E-state index contributed by atoms with van der Waals surface area (Å²) in [4.78, 5) is 14.3. The largest absolute Gasteiger partial charge is 0.465 e. The van der Waals surface area contributed by atoms with Gasteiger partial charge in [-0.3, -0.25) is 4.79 Å². The molecule has 0 aliphatic carbocycles. The second-order valence-corrected chi connectivity index (χ2v) is 6.08. The number of ether oxygens (including phenoxy) is 1. The van der Waals surface area contributed by atoms with Crippen LogP contribution in [0.1, 0.15) is 53.4 Å². The van der Waals surface area contributed by atoms with E-state index in [0.29, 0.717) is 19.1 Å². The number of piperidine rings is 1. The molecule has 112 valence electrons. The van der Waals surface area contributed by atoms with Gasteiger partial charge in [0.25, 0.3) is 0 Å². The van der Waals surface area contributed by atoms with Gasteiger partial charge in [-0.15, -0.1) is 0 Å². The van der Waals surface area contributed by atoms with Crippen LogP contribution in [0.5, 0.6) is 0 Å². The van der Waals surface area contributed by atoms with E-state index in [4.69, 9.17) is 10.5 Å². The molecule has 1 aliphatic rings. The predicted molar refractivity (Wildman–Crippen MR) is 77.9 cm³/mol. The summed E-state index contributed by atoms with van der Waals surface area (Å²) in [6, 6.07) is 0.331. The van der Waals surface area contributed by atoms with Crippen LogP contribution in [0.25, 0.3) is 0 Å². The van der Waals surface area contributed by atoms with Crippen molar-refractivity contribution in [1.82, 2.24) is 4.90 Å². The van der Waals surface area contributed by atoms with Crippen LogP contribution in [0.3, 0.4) is 0 Å². The van der Waals surface area contributed by atoms with Crippen LogP contribution in [0.4, 0.5) is 0 Å². The molecule has 0 aromatic heterocycles. The first-order valence-electron chi connectivity index (χ1n) is 7.60. The number of esters is 1. The Hall–Kier alpha value is -0.610. The molecular formula is C15H30N2O2. The fraction of sp³-hybridized carbons (Fsp3) is 0.933. The molecule has 0 aromatic rings. The van der Waals surface area contributed by atoms with Crippen molar-refractivity contribution in [2.24, 2.45) is 11.7 Å². The van der Waals surface area contributed by atoms with Gasteiger partial charge in [0, 0.05) is 6.04 Å². The van der Waals surface area contributed by atoms with Crippen LogP contribution in [-0.4, -0.2) is 42.1 Å². The van der Waals surface area contributed by atoms with Crippen molar-refractivity contribution in [2.45, 2.75) is 65.0 Å². The summed E-state index contributed by atoms with van der Waals surface area (Å²) in [6.07, 6.45) is 4.46. The Morgan fingerprint density at radius 3 is 2.47 bits per heavy atom. The number of carbonyl (C=O) groups excluding carboxylic acids is 1. The van der Waals surface area contributed by atoms with Gasteiger partial charge in [0.05, 0.1) is 6.61 Å². The summed E-state index contributed by atoms with van der Waals surface area (Å²) < 4.78 is 5.05. The normalized spacial score (nSPS) is 22.8. The van der Waals surface area contributed by atoms with E-state index in [2.05, 4.69) is 18.7 Å². The first-order valence-corrected chi connectivity index (χ1v) is 7.60. The monoisotopic (exact) mass is 270 g/mol. The highest BCUT2D eigenvalue weighted by Crippen LogP contribution is 2.24. The molecule has 4 nitrogen and oxygen atoms in total. The zero-order chi connectivity index (χ0) is 14.5. The van der Waals surface area contributed by atoms with Gasteiger partial charge < -0.3 is 15.4 Å². The minimum absolute atomic E-state index is 0.287. The highest BCUT2D eigenvalue weighted by molar-refractivity contribution is 5.80. The zero-order valence-electron chi connectivity index (χ0n) is 12.9. The van der Waals surface area contributed by atoms with E-state index >= 15 is 0 Å². The molecule has 1 aliphatic heterocycles. The van der Waals surface area contributed by atoms with Crippen molar-refractivity contribution in [3.63, 3.8) is 0 Å². The lowest BCUT2D eigenvalue weighted by molar-refractivity contribution is -0.149. The predicted octanol–water partition coefficient (Wildman–Crippen LogP) is 2.17. The van der Waals surface area contributed by atoms with Crippen molar-refractivity contribution in [3.8, 4) is 0 Å². The Bertz CT molecular complexity index is 284. The summed E-state index contributed by atoms with van der Waals surface area (Å²) in [5.74, 6) is 0.586. The molecule has 0 saturated carbocycles. The summed E-state index contributed by atoms with van der Waals surface area (Å²) in [6.45, 7) is 10.7. The van der Waals surface area contributed by atoms with Gasteiger partial charge in [0.15, 0.2) is 0 Å². The molecule has 2 N–H and O–H groups in total. The standard InChI is InChI=1S/C15H30N2O2/c1-5-13-7-9-17(10-8-13)12(3)11-15(4,16)14(18)19-6-2/h12-13H,5-11,16H2,1-4H3. The minimum atomic E-state index is -0.878.